The largest absolute Gasteiger partial charge is 0.496 e. The van der Waals surface area contributed by atoms with E-state index in [0.717, 1.165) is 0 Å². The van der Waals surface area contributed by atoms with E-state index in [-0.39, 0.29) is 5.91 Å². The summed E-state index contributed by atoms with van der Waals surface area (Å²) in [6.45, 7) is 0. The molecule has 22 heavy (non-hydrogen) atoms. The standard InChI is InChI=1S/C17H16ClNO3/c1-21-15-4-3-5-16(22-2)14(15)10-11-17(20)19-13-8-6-12(18)7-9-13/h3-11H,1-2H3,(H,19,20)/b11-10+. The van der Waals surface area contributed by atoms with E-state index in [0.29, 0.717) is 27.8 Å². The maximum atomic E-state index is 12.0. The molecule has 0 heterocycles. The number of ether oxygens (including phenoxy) is 2. The summed E-state index contributed by atoms with van der Waals surface area (Å²) < 4.78 is 10.5. The smallest absolute Gasteiger partial charge is 0.248 e. The Bertz CT molecular complexity index is 659. The Kier molecular flexibility index (Phi) is 5.44. The molecule has 114 valence electrons. The van der Waals surface area contributed by atoms with E-state index in [2.05, 4.69) is 5.32 Å². The van der Waals surface area contributed by atoms with E-state index in [1.54, 1.807) is 56.7 Å². The third-order valence-corrected chi connectivity index (χ3v) is 3.23. The van der Waals surface area contributed by atoms with Gasteiger partial charge in [-0.25, -0.2) is 0 Å². The fraction of sp³-hybridized carbons (Fsp3) is 0.118. The van der Waals surface area contributed by atoms with Crippen molar-refractivity contribution in [1.82, 2.24) is 0 Å². The molecular formula is C17H16ClNO3. The minimum absolute atomic E-state index is 0.254. The van der Waals surface area contributed by atoms with Crippen LogP contribution < -0.4 is 14.8 Å². The average molecular weight is 318 g/mol. The lowest BCUT2D eigenvalue weighted by Gasteiger charge is -2.09. The summed E-state index contributed by atoms with van der Waals surface area (Å²) >= 11 is 5.80. The second-order valence-corrected chi connectivity index (χ2v) is 4.84. The van der Waals surface area contributed by atoms with Crippen LogP contribution in [0.2, 0.25) is 5.02 Å². The number of carbonyl (C=O) groups excluding carboxylic acids is 1. The molecule has 0 atom stereocenters. The highest BCUT2D eigenvalue weighted by Gasteiger charge is 2.07. The molecule has 4 nitrogen and oxygen atoms in total. The van der Waals surface area contributed by atoms with Gasteiger partial charge in [0.05, 0.1) is 19.8 Å². The van der Waals surface area contributed by atoms with Crippen molar-refractivity contribution in [1.29, 1.82) is 0 Å². The molecule has 2 aromatic carbocycles. The van der Waals surface area contributed by atoms with Gasteiger partial charge in [0, 0.05) is 16.8 Å². The molecule has 1 N–H and O–H groups in total. The number of halogens is 1. The molecule has 0 aliphatic heterocycles. The zero-order valence-electron chi connectivity index (χ0n) is 12.3. The lowest BCUT2D eigenvalue weighted by atomic mass is 10.1. The van der Waals surface area contributed by atoms with Gasteiger partial charge in [-0.05, 0) is 42.5 Å². The van der Waals surface area contributed by atoms with Crippen molar-refractivity contribution in [2.75, 3.05) is 19.5 Å². The third-order valence-electron chi connectivity index (χ3n) is 2.98. The SMILES string of the molecule is COc1cccc(OC)c1/C=C/C(=O)Nc1ccc(Cl)cc1. The maximum Gasteiger partial charge on any atom is 0.248 e. The molecule has 0 aliphatic rings. The Hall–Kier alpha value is -2.46. The van der Waals surface area contributed by atoms with Crippen LogP contribution in [0.1, 0.15) is 5.56 Å². The molecule has 0 aliphatic carbocycles. The van der Waals surface area contributed by atoms with Gasteiger partial charge in [0.15, 0.2) is 0 Å². The monoisotopic (exact) mass is 317 g/mol. The van der Waals surface area contributed by atoms with Gasteiger partial charge in [0.25, 0.3) is 0 Å². The molecule has 0 bridgehead atoms. The van der Waals surface area contributed by atoms with Crippen molar-refractivity contribution in [2.45, 2.75) is 0 Å². The zero-order chi connectivity index (χ0) is 15.9. The van der Waals surface area contributed by atoms with E-state index < -0.39 is 0 Å². The van der Waals surface area contributed by atoms with Crippen LogP contribution in [0.25, 0.3) is 6.08 Å². The van der Waals surface area contributed by atoms with Crippen LogP contribution >= 0.6 is 11.6 Å². The quantitative estimate of drug-likeness (QED) is 0.848. The second-order valence-electron chi connectivity index (χ2n) is 4.41. The van der Waals surface area contributed by atoms with Crippen LogP contribution in [0.5, 0.6) is 11.5 Å². The van der Waals surface area contributed by atoms with Crippen molar-refractivity contribution >= 4 is 29.3 Å². The number of benzene rings is 2. The summed E-state index contributed by atoms with van der Waals surface area (Å²) in [6, 6.07) is 12.3. The van der Waals surface area contributed by atoms with Crippen LogP contribution in [0.15, 0.2) is 48.5 Å². The first-order valence-corrected chi connectivity index (χ1v) is 6.97. The Morgan fingerprint density at radius 1 is 1.05 bits per heavy atom. The molecular weight excluding hydrogens is 302 g/mol. The first kappa shape index (κ1) is 15.9. The molecule has 1 amide bonds. The molecule has 2 aromatic rings. The highest BCUT2D eigenvalue weighted by Crippen LogP contribution is 2.29. The highest BCUT2D eigenvalue weighted by molar-refractivity contribution is 6.30. The number of carbonyl (C=O) groups is 1. The zero-order valence-corrected chi connectivity index (χ0v) is 13.1. The van der Waals surface area contributed by atoms with Gasteiger partial charge in [-0.2, -0.15) is 0 Å². The molecule has 5 heteroatoms. The summed E-state index contributed by atoms with van der Waals surface area (Å²) in [7, 11) is 3.14. The summed E-state index contributed by atoms with van der Waals surface area (Å²) in [5, 5.41) is 3.37. The lowest BCUT2D eigenvalue weighted by Crippen LogP contribution is -2.07. The normalized spacial score (nSPS) is 10.5. The Morgan fingerprint density at radius 3 is 2.18 bits per heavy atom. The van der Waals surface area contributed by atoms with E-state index in [9.17, 15) is 4.79 Å². The van der Waals surface area contributed by atoms with Crippen molar-refractivity contribution in [3.8, 4) is 11.5 Å². The summed E-state index contributed by atoms with van der Waals surface area (Å²) in [5.41, 5.74) is 1.38. The number of rotatable bonds is 5. The van der Waals surface area contributed by atoms with Gasteiger partial charge in [-0.1, -0.05) is 17.7 Å². The van der Waals surface area contributed by atoms with Crippen LogP contribution in [0.4, 0.5) is 5.69 Å². The first-order valence-electron chi connectivity index (χ1n) is 6.59. The molecule has 0 aromatic heterocycles. The van der Waals surface area contributed by atoms with Crippen LogP contribution in [-0.2, 0) is 4.79 Å². The minimum atomic E-state index is -0.254. The van der Waals surface area contributed by atoms with Crippen LogP contribution in [0.3, 0.4) is 0 Å². The molecule has 0 fully saturated rings. The summed E-state index contributed by atoms with van der Waals surface area (Å²) in [6.07, 6.45) is 3.08. The van der Waals surface area contributed by atoms with Crippen molar-refractivity contribution in [3.05, 3.63) is 59.1 Å². The topological polar surface area (TPSA) is 47.6 Å². The van der Waals surface area contributed by atoms with E-state index in [1.165, 1.54) is 6.08 Å². The lowest BCUT2D eigenvalue weighted by molar-refractivity contribution is -0.111. The Balaban J connectivity index is 2.14. The highest BCUT2D eigenvalue weighted by atomic mass is 35.5. The number of hydrogen-bond donors (Lipinski definition) is 1. The van der Waals surface area contributed by atoms with Gasteiger partial charge < -0.3 is 14.8 Å². The predicted octanol–water partition coefficient (Wildman–Crippen LogP) is 4.01. The van der Waals surface area contributed by atoms with Gasteiger partial charge in [0.1, 0.15) is 11.5 Å². The van der Waals surface area contributed by atoms with Gasteiger partial charge >= 0.3 is 0 Å². The van der Waals surface area contributed by atoms with E-state index in [4.69, 9.17) is 21.1 Å². The van der Waals surface area contributed by atoms with Crippen molar-refractivity contribution in [2.24, 2.45) is 0 Å². The predicted molar refractivity (Wildman–Crippen MR) is 88.7 cm³/mol. The van der Waals surface area contributed by atoms with Crippen molar-refractivity contribution < 1.29 is 14.3 Å². The number of methoxy groups -OCH3 is 2. The van der Waals surface area contributed by atoms with Gasteiger partial charge in [0.2, 0.25) is 5.91 Å². The molecule has 0 saturated heterocycles. The van der Waals surface area contributed by atoms with Crippen LogP contribution in [-0.4, -0.2) is 20.1 Å². The van der Waals surface area contributed by atoms with Crippen molar-refractivity contribution in [3.63, 3.8) is 0 Å². The van der Waals surface area contributed by atoms with Gasteiger partial charge in [-0.15, -0.1) is 0 Å². The molecule has 0 saturated carbocycles. The first-order chi connectivity index (χ1) is 10.6. The molecule has 0 spiro atoms. The molecule has 0 unspecified atom stereocenters. The average Bonchev–Trinajstić information content (AvgIpc) is 2.54. The van der Waals surface area contributed by atoms with E-state index in [1.807, 2.05) is 6.07 Å². The molecule has 0 radical (unpaired) electrons. The van der Waals surface area contributed by atoms with Gasteiger partial charge in [-0.3, -0.25) is 4.79 Å². The van der Waals surface area contributed by atoms with Crippen LogP contribution in [0, 0.1) is 0 Å². The Morgan fingerprint density at radius 2 is 1.64 bits per heavy atom. The number of anilines is 1. The summed E-state index contributed by atoms with van der Waals surface area (Å²) in [5.74, 6) is 1.01. The summed E-state index contributed by atoms with van der Waals surface area (Å²) in [4.78, 5) is 12.0. The maximum absolute atomic E-state index is 12.0. The van der Waals surface area contributed by atoms with E-state index >= 15 is 0 Å². The third kappa shape index (κ3) is 4.02. The number of hydrogen-bond acceptors (Lipinski definition) is 3. The molecule has 2 rings (SSSR count). The number of amides is 1. The fourth-order valence-corrected chi connectivity index (χ4v) is 2.05. The fourth-order valence-electron chi connectivity index (χ4n) is 1.92. The Labute approximate surface area is 134 Å². The second kappa shape index (κ2) is 7.52. The minimum Gasteiger partial charge on any atom is -0.496 e. The number of nitrogens with one attached hydrogen (secondary N) is 1.